The SMILES string of the molecule is C=CCNNC(N)=O. The smallest absolute Gasteiger partial charge is 0.326 e. The van der Waals surface area contributed by atoms with E-state index in [1.54, 1.807) is 6.08 Å². The van der Waals surface area contributed by atoms with E-state index >= 15 is 0 Å². The molecule has 0 aromatic rings. The van der Waals surface area contributed by atoms with Gasteiger partial charge in [0.15, 0.2) is 0 Å². The number of carbonyl (C=O) groups is 1. The lowest BCUT2D eigenvalue weighted by Crippen LogP contribution is -2.40. The van der Waals surface area contributed by atoms with E-state index in [-0.39, 0.29) is 0 Å². The minimum absolute atomic E-state index is 0.517. The zero-order valence-corrected chi connectivity index (χ0v) is 4.48. The Balaban J connectivity index is 2.93. The van der Waals surface area contributed by atoms with Gasteiger partial charge in [-0.25, -0.2) is 10.2 Å². The Morgan fingerprint density at radius 2 is 2.50 bits per heavy atom. The number of hydrazine groups is 1. The minimum atomic E-state index is -0.591. The third-order valence-corrected chi connectivity index (χ3v) is 0.458. The Bertz CT molecular complexity index is 91.3. The normalized spacial score (nSPS) is 8.00. The van der Waals surface area contributed by atoms with Crippen molar-refractivity contribution in [3.63, 3.8) is 0 Å². The van der Waals surface area contributed by atoms with E-state index in [0.29, 0.717) is 6.54 Å². The van der Waals surface area contributed by atoms with Gasteiger partial charge in [0.05, 0.1) is 0 Å². The minimum Gasteiger partial charge on any atom is -0.351 e. The average Bonchev–Trinajstić information content (AvgIpc) is 1.66. The second-order valence-electron chi connectivity index (χ2n) is 1.16. The molecule has 46 valence electrons. The number of nitrogens with one attached hydrogen (secondary N) is 2. The quantitative estimate of drug-likeness (QED) is 0.260. The molecule has 0 heterocycles. The van der Waals surface area contributed by atoms with Crippen LogP contribution in [0.1, 0.15) is 0 Å². The molecule has 0 bridgehead atoms. The molecule has 0 saturated heterocycles. The van der Waals surface area contributed by atoms with Gasteiger partial charge in [0.25, 0.3) is 0 Å². The van der Waals surface area contributed by atoms with Crippen LogP contribution in [0.15, 0.2) is 12.7 Å². The molecule has 4 N–H and O–H groups in total. The second-order valence-corrected chi connectivity index (χ2v) is 1.16. The van der Waals surface area contributed by atoms with Crippen LogP contribution in [0.25, 0.3) is 0 Å². The van der Waals surface area contributed by atoms with E-state index in [1.807, 2.05) is 0 Å². The van der Waals surface area contributed by atoms with Gasteiger partial charge in [-0.2, -0.15) is 0 Å². The van der Waals surface area contributed by atoms with Crippen molar-refractivity contribution in [2.24, 2.45) is 5.73 Å². The number of amides is 2. The summed E-state index contributed by atoms with van der Waals surface area (Å²) in [5.74, 6) is 0. The predicted octanol–water partition coefficient (Wildman–Crippen LogP) is -0.655. The Labute approximate surface area is 47.7 Å². The van der Waals surface area contributed by atoms with Crippen LogP contribution in [0.5, 0.6) is 0 Å². The van der Waals surface area contributed by atoms with Gasteiger partial charge < -0.3 is 5.73 Å². The molecule has 0 radical (unpaired) electrons. The zero-order chi connectivity index (χ0) is 6.41. The van der Waals surface area contributed by atoms with E-state index in [0.717, 1.165) is 0 Å². The summed E-state index contributed by atoms with van der Waals surface area (Å²) in [6.07, 6.45) is 1.61. The summed E-state index contributed by atoms with van der Waals surface area (Å²) in [7, 11) is 0. The summed E-state index contributed by atoms with van der Waals surface area (Å²) < 4.78 is 0. The Hall–Kier alpha value is -1.03. The number of primary amides is 1. The van der Waals surface area contributed by atoms with Crippen molar-refractivity contribution in [1.29, 1.82) is 0 Å². The third kappa shape index (κ3) is 4.97. The van der Waals surface area contributed by atoms with Gasteiger partial charge in [-0.05, 0) is 0 Å². The number of hydrogen-bond acceptors (Lipinski definition) is 2. The van der Waals surface area contributed by atoms with Crippen LogP contribution in [0.3, 0.4) is 0 Å². The first kappa shape index (κ1) is 6.97. The zero-order valence-electron chi connectivity index (χ0n) is 4.48. The Morgan fingerprint density at radius 1 is 1.88 bits per heavy atom. The second kappa shape index (κ2) is 4.14. The van der Waals surface area contributed by atoms with Crippen molar-refractivity contribution in [3.8, 4) is 0 Å². The highest BCUT2D eigenvalue weighted by atomic mass is 16.2. The summed E-state index contributed by atoms with van der Waals surface area (Å²) in [5.41, 5.74) is 9.34. The van der Waals surface area contributed by atoms with Crippen molar-refractivity contribution >= 4 is 6.03 Å². The van der Waals surface area contributed by atoms with Crippen LogP contribution in [0, 0.1) is 0 Å². The van der Waals surface area contributed by atoms with E-state index in [9.17, 15) is 4.79 Å². The highest BCUT2D eigenvalue weighted by Gasteiger charge is 1.82. The average molecular weight is 115 g/mol. The molecular weight excluding hydrogens is 106 g/mol. The van der Waals surface area contributed by atoms with E-state index in [2.05, 4.69) is 23.2 Å². The van der Waals surface area contributed by atoms with Gasteiger partial charge in [-0.1, -0.05) is 6.08 Å². The van der Waals surface area contributed by atoms with Crippen molar-refractivity contribution in [1.82, 2.24) is 10.9 Å². The van der Waals surface area contributed by atoms with E-state index in [4.69, 9.17) is 0 Å². The monoisotopic (exact) mass is 115 g/mol. The van der Waals surface area contributed by atoms with Gasteiger partial charge in [0, 0.05) is 6.54 Å². The number of rotatable bonds is 3. The molecule has 4 nitrogen and oxygen atoms in total. The largest absolute Gasteiger partial charge is 0.351 e. The molecule has 0 rings (SSSR count). The lowest BCUT2D eigenvalue weighted by atomic mass is 10.7. The molecule has 0 atom stereocenters. The number of hydrogen-bond donors (Lipinski definition) is 3. The molecule has 4 heteroatoms. The molecule has 0 fully saturated rings. The van der Waals surface area contributed by atoms with Gasteiger partial charge >= 0.3 is 6.03 Å². The predicted molar refractivity (Wildman–Crippen MR) is 30.9 cm³/mol. The number of urea groups is 1. The van der Waals surface area contributed by atoms with Crippen LogP contribution in [0.4, 0.5) is 4.79 Å². The van der Waals surface area contributed by atoms with Gasteiger partial charge in [0.1, 0.15) is 0 Å². The van der Waals surface area contributed by atoms with Crippen LogP contribution >= 0.6 is 0 Å². The van der Waals surface area contributed by atoms with Crippen molar-refractivity contribution in [2.75, 3.05) is 6.54 Å². The van der Waals surface area contributed by atoms with Crippen molar-refractivity contribution in [3.05, 3.63) is 12.7 Å². The molecule has 0 unspecified atom stereocenters. The van der Waals surface area contributed by atoms with Crippen LogP contribution in [0.2, 0.25) is 0 Å². The number of carbonyl (C=O) groups excluding carboxylic acids is 1. The molecular formula is C4H9N3O. The maximum Gasteiger partial charge on any atom is 0.326 e. The van der Waals surface area contributed by atoms with Crippen molar-refractivity contribution in [2.45, 2.75) is 0 Å². The van der Waals surface area contributed by atoms with E-state index in [1.165, 1.54) is 0 Å². The van der Waals surface area contributed by atoms with Gasteiger partial charge in [0.2, 0.25) is 0 Å². The summed E-state index contributed by atoms with van der Waals surface area (Å²) in [6, 6.07) is -0.591. The molecule has 0 aromatic heterocycles. The molecule has 0 aromatic carbocycles. The first-order valence-electron chi connectivity index (χ1n) is 2.16. The summed E-state index contributed by atoms with van der Waals surface area (Å²) in [6.45, 7) is 3.92. The first-order valence-corrected chi connectivity index (χ1v) is 2.16. The number of nitrogens with two attached hydrogens (primary N) is 1. The first-order chi connectivity index (χ1) is 3.77. The summed E-state index contributed by atoms with van der Waals surface area (Å²) in [5, 5.41) is 0. The van der Waals surface area contributed by atoms with Crippen LogP contribution in [-0.4, -0.2) is 12.6 Å². The van der Waals surface area contributed by atoms with Gasteiger partial charge in [-0.3, -0.25) is 5.43 Å². The molecule has 0 saturated carbocycles. The highest BCUT2D eigenvalue weighted by Crippen LogP contribution is 1.53. The molecule has 0 aliphatic rings. The van der Waals surface area contributed by atoms with Crippen LogP contribution < -0.4 is 16.6 Å². The topological polar surface area (TPSA) is 67.2 Å². The standard InChI is InChI=1S/C4H9N3O/c1-2-3-6-7-4(5)8/h2,6H,1,3H2,(H3,5,7,8). The molecule has 8 heavy (non-hydrogen) atoms. The van der Waals surface area contributed by atoms with E-state index < -0.39 is 6.03 Å². The van der Waals surface area contributed by atoms with Crippen LogP contribution in [-0.2, 0) is 0 Å². The highest BCUT2D eigenvalue weighted by molar-refractivity contribution is 5.70. The summed E-state index contributed by atoms with van der Waals surface area (Å²) >= 11 is 0. The maximum atomic E-state index is 9.89. The fraction of sp³-hybridized carbons (Fsp3) is 0.250. The molecule has 0 aliphatic carbocycles. The fourth-order valence-corrected chi connectivity index (χ4v) is 0.210. The lowest BCUT2D eigenvalue weighted by Gasteiger charge is -1.97. The summed E-state index contributed by atoms with van der Waals surface area (Å²) in [4.78, 5) is 9.89. The van der Waals surface area contributed by atoms with Gasteiger partial charge in [-0.15, -0.1) is 6.58 Å². The molecule has 0 spiro atoms. The molecule has 0 aliphatic heterocycles. The Kier molecular flexibility index (Phi) is 3.60. The fourth-order valence-electron chi connectivity index (χ4n) is 0.210. The third-order valence-electron chi connectivity index (χ3n) is 0.458. The lowest BCUT2D eigenvalue weighted by molar-refractivity contribution is 0.245. The Morgan fingerprint density at radius 3 is 2.88 bits per heavy atom. The molecule has 2 amide bonds. The maximum absolute atomic E-state index is 9.89. The van der Waals surface area contributed by atoms with Crippen molar-refractivity contribution < 1.29 is 4.79 Å².